The maximum absolute atomic E-state index is 12.4. The Hall–Kier alpha value is -3.80. The van der Waals surface area contributed by atoms with Crippen LogP contribution in [0.1, 0.15) is 61.0 Å². The van der Waals surface area contributed by atoms with E-state index in [0.29, 0.717) is 24.2 Å². The second-order valence-electron chi connectivity index (χ2n) is 10.6. The third-order valence-corrected chi connectivity index (χ3v) is 7.52. The summed E-state index contributed by atoms with van der Waals surface area (Å²) < 4.78 is 17.8. The molecule has 0 aliphatic carbocycles. The van der Waals surface area contributed by atoms with E-state index in [1.807, 2.05) is 74.6 Å². The van der Waals surface area contributed by atoms with Crippen LogP contribution in [0, 0.1) is 0 Å². The summed E-state index contributed by atoms with van der Waals surface area (Å²) in [6, 6.07) is 23.7. The summed E-state index contributed by atoms with van der Waals surface area (Å²) in [6.45, 7) is 4.19. The Bertz CT molecular complexity index is 1320. The van der Waals surface area contributed by atoms with Crippen LogP contribution in [-0.4, -0.2) is 66.0 Å². The van der Waals surface area contributed by atoms with Crippen molar-refractivity contribution in [1.29, 1.82) is 0 Å². The van der Waals surface area contributed by atoms with Gasteiger partial charge in [-0.25, -0.2) is 4.79 Å². The zero-order valence-corrected chi connectivity index (χ0v) is 24.8. The molecule has 0 bridgehead atoms. The average molecular weight is 592 g/mol. The summed E-state index contributed by atoms with van der Waals surface area (Å²) in [6.07, 6.45) is -1.33. The number of nitrogens with one attached hydrogen (secondary N) is 2. The zero-order chi connectivity index (χ0) is 30.8. The first kappa shape index (κ1) is 32.1. The summed E-state index contributed by atoms with van der Waals surface area (Å²) in [7, 11) is 1.97. The van der Waals surface area contributed by atoms with E-state index >= 15 is 0 Å². The molecule has 3 aromatic rings. The van der Waals surface area contributed by atoms with Crippen LogP contribution < -0.4 is 10.6 Å². The molecule has 1 saturated heterocycles. The number of anilines is 1. The molecule has 1 fully saturated rings. The molecule has 10 heteroatoms. The van der Waals surface area contributed by atoms with Crippen molar-refractivity contribution in [3.63, 3.8) is 0 Å². The lowest BCUT2D eigenvalue weighted by Crippen LogP contribution is -2.43. The molecule has 1 heterocycles. The largest absolute Gasteiger partial charge is 0.465 e. The van der Waals surface area contributed by atoms with Gasteiger partial charge in [-0.05, 0) is 49.7 Å². The number of aliphatic hydroxyl groups excluding tert-OH is 2. The van der Waals surface area contributed by atoms with Crippen molar-refractivity contribution in [1.82, 2.24) is 10.2 Å². The molecule has 4 rings (SSSR count). The van der Waals surface area contributed by atoms with Crippen molar-refractivity contribution < 1.29 is 34.0 Å². The van der Waals surface area contributed by atoms with Gasteiger partial charge < -0.3 is 35.1 Å². The van der Waals surface area contributed by atoms with Crippen molar-refractivity contribution >= 4 is 17.7 Å². The monoisotopic (exact) mass is 591 g/mol. The molecule has 0 radical (unpaired) electrons. The number of likely N-dealkylation sites (N-methyl/N-ethyl adjacent to an activating group) is 1. The molecule has 1 aliphatic heterocycles. The molecule has 43 heavy (non-hydrogen) atoms. The Morgan fingerprint density at radius 1 is 1.02 bits per heavy atom. The van der Waals surface area contributed by atoms with Crippen LogP contribution in [0.15, 0.2) is 78.9 Å². The van der Waals surface area contributed by atoms with Gasteiger partial charge in [0.1, 0.15) is 6.54 Å². The van der Waals surface area contributed by atoms with Crippen LogP contribution in [0.2, 0.25) is 0 Å². The molecule has 0 unspecified atom stereocenters. The van der Waals surface area contributed by atoms with E-state index in [1.54, 1.807) is 25.1 Å². The van der Waals surface area contributed by atoms with Crippen molar-refractivity contribution in [3.05, 3.63) is 101 Å². The third-order valence-electron chi connectivity index (χ3n) is 7.52. The molecule has 0 aromatic heterocycles. The first-order valence-corrected chi connectivity index (χ1v) is 14.5. The minimum atomic E-state index is -0.728. The van der Waals surface area contributed by atoms with Gasteiger partial charge in [-0.1, -0.05) is 66.7 Å². The van der Waals surface area contributed by atoms with Gasteiger partial charge in [0.2, 0.25) is 0 Å². The maximum atomic E-state index is 12.4. The van der Waals surface area contributed by atoms with E-state index in [0.717, 1.165) is 16.7 Å². The summed E-state index contributed by atoms with van der Waals surface area (Å²) >= 11 is 0. The van der Waals surface area contributed by atoms with Crippen molar-refractivity contribution in [2.45, 2.75) is 57.5 Å². The highest BCUT2D eigenvalue weighted by Gasteiger charge is 2.34. The number of rotatable bonds is 12. The number of nitrogens with zero attached hydrogens (tertiary/aromatic N) is 1. The fourth-order valence-electron chi connectivity index (χ4n) is 4.99. The topological polar surface area (TPSA) is 130 Å². The lowest BCUT2D eigenvalue weighted by molar-refractivity contribution is -0.253. The Labute approximate surface area is 252 Å². The molecule has 2 amide bonds. The Balaban J connectivity index is 1.49. The van der Waals surface area contributed by atoms with Gasteiger partial charge in [-0.2, -0.15) is 0 Å². The van der Waals surface area contributed by atoms with Gasteiger partial charge in [-0.3, -0.25) is 9.69 Å². The highest BCUT2D eigenvalue weighted by Crippen LogP contribution is 2.39. The van der Waals surface area contributed by atoms with Crippen LogP contribution in [-0.2, 0) is 25.6 Å². The lowest BCUT2D eigenvalue weighted by atomic mass is 9.98. The van der Waals surface area contributed by atoms with E-state index in [9.17, 15) is 19.8 Å². The summed E-state index contributed by atoms with van der Waals surface area (Å²) in [5.41, 5.74) is 3.85. The van der Waals surface area contributed by atoms with Crippen LogP contribution in [0.3, 0.4) is 0 Å². The number of esters is 1. The van der Waals surface area contributed by atoms with Gasteiger partial charge >= 0.3 is 12.0 Å². The summed E-state index contributed by atoms with van der Waals surface area (Å²) in [4.78, 5) is 26.0. The van der Waals surface area contributed by atoms with Crippen LogP contribution in [0.5, 0.6) is 0 Å². The van der Waals surface area contributed by atoms with Gasteiger partial charge in [0.05, 0.1) is 31.5 Å². The van der Waals surface area contributed by atoms with Crippen molar-refractivity contribution in [3.8, 4) is 0 Å². The molecule has 0 saturated carbocycles. The molecule has 4 N–H and O–H groups in total. The zero-order valence-electron chi connectivity index (χ0n) is 24.8. The number of benzene rings is 3. The number of hydrogen-bond acceptors (Lipinski definition) is 8. The van der Waals surface area contributed by atoms with E-state index < -0.39 is 24.4 Å². The van der Waals surface area contributed by atoms with Gasteiger partial charge in [0.15, 0.2) is 6.29 Å². The predicted octanol–water partition coefficient (Wildman–Crippen LogP) is 4.46. The molecule has 1 aliphatic rings. The van der Waals surface area contributed by atoms with Crippen LogP contribution >= 0.6 is 0 Å². The van der Waals surface area contributed by atoms with Crippen LogP contribution in [0.4, 0.5) is 10.5 Å². The third kappa shape index (κ3) is 9.09. The van der Waals surface area contributed by atoms with E-state index in [2.05, 4.69) is 15.5 Å². The normalized spacial score (nSPS) is 19.8. The fourth-order valence-corrected chi connectivity index (χ4v) is 4.99. The molecule has 230 valence electrons. The first-order valence-electron chi connectivity index (χ1n) is 14.5. The van der Waals surface area contributed by atoms with Gasteiger partial charge in [0, 0.05) is 30.3 Å². The number of carbonyl (C=O) groups excluding carboxylic acids is 2. The SMILES string of the molecule is CCOC(=O)CNC(=O)Nc1cccc([C@@H]2O[C@H](CN(C)[C@@H](C)[C@H](O)c3ccccc3)C[C@H](c3ccc(CO)cc3)O2)c1. The Morgan fingerprint density at radius 2 is 1.77 bits per heavy atom. The second-order valence-corrected chi connectivity index (χ2v) is 10.6. The van der Waals surface area contributed by atoms with E-state index in [-0.39, 0.29) is 38.0 Å². The number of aliphatic hydroxyl groups is 2. The van der Waals surface area contributed by atoms with Gasteiger partial charge in [0.25, 0.3) is 0 Å². The number of urea groups is 1. The van der Waals surface area contributed by atoms with Crippen LogP contribution in [0.25, 0.3) is 0 Å². The Kier molecular flexibility index (Phi) is 11.7. The number of carbonyl (C=O) groups is 2. The number of amides is 2. The predicted molar refractivity (Wildman–Crippen MR) is 162 cm³/mol. The highest BCUT2D eigenvalue weighted by molar-refractivity contribution is 5.91. The fraction of sp³-hybridized carbons (Fsp3) is 0.394. The standard InChI is InChI=1S/C33H41N3O7/c1-4-41-30(38)19-34-33(40)35-27-12-8-11-26(17-27)32-42-28(18-29(43-32)24-15-13-23(21-37)14-16-24)20-36(3)22(2)31(39)25-9-6-5-7-10-25/h5-17,22,28-29,31-32,37,39H,4,18-21H2,1-3H3,(H2,34,35,40)/t22-,28-,29+,31-,32+/m0/s1. The van der Waals surface area contributed by atoms with E-state index in [4.69, 9.17) is 14.2 Å². The Morgan fingerprint density at radius 3 is 2.47 bits per heavy atom. The first-order chi connectivity index (χ1) is 20.8. The summed E-state index contributed by atoms with van der Waals surface area (Å²) in [5.74, 6) is -0.518. The molecule has 3 aromatic carbocycles. The lowest BCUT2D eigenvalue weighted by Gasteiger charge is -2.39. The molecular formula is C33H41N3O7. The molecule has 5 atom stereocenters. The molecular weight excluding hydrogens is 550 g/mol. The smallest absolute Gasteiger partial charge is 0.325 e. The van der Waals surface area contributed by atoms with Crippen molar-refractivity contribution in [2.75, 3.05) is 32.1 Å². The minimum Gasteiger partial charge on any atom is -0.465 e. The summed E-state index contributed by atoms with van der Waals surface area (Å²) in [5, 5.41) is 25.7. The minimum absolute atomic E-state index is 0.0419. The second kappa shape index (κ2) is 15.6. The molecule has 0 spiro atoms. The van der Waals surface area contributed by atoms with E-state index in [1.165, 1.54) is 0 Å². The van der Waals surface area contributed by atoms with Crippen molar-refractivity contribution in [2.24, 2.45) is 0 Å². The number of hydrogen-bond donors (Lipinski definition) is 4. The quantitative estimate of drug-likeness (QED) is 0.227. The van der Waals surface area contributed by atoms with Gasteiger partial charge in [-0.15, -0.1) is 0 Å². The molecule has 10 nitrogen and oxygen atoms in total. The highest BCUT2D eigenvalue weighted by atomic mass is 16.7. The average Bonchev–Trinajstić information content (AvgIpc) is 3.03. The maximum Gasteiger partial charge on any atom is 0.325 e. The number of ether oxygens (including phenoxy) is 3.